The highest BCUT2D eigenvalue weighted by Crippen LogP contribution is 2.49. The zero-order chi connectivity index (χ0) is 15.7. The fraction of sp³-hybridized carbons (Fsp3) is 0.538. The molecule has 1 rings (SSSR count). The van der Waals surface area contributed by atoms with Crippen molar-refractivity contribution >= 4 is 13.4 Å². The van der Waals surface area contributed by atoms with Gasteiger partial charge < -0.3 is 14.8 Å². The van der Waals surface area contributed by atoms with Crippen LogP contribution in [0.1, 0.15) is 26.7 Å². The minimum absolute atomic E-state index is 0.213. The van der Waals surface area contributed by atoms with E-state index in [0.717, 1.165) is 0 Å². The summed E-state index contributed by atoms with van der Waals surface area (Å²) in [6, 6.07) is 1.58. The van der Waals surface area contributed by atoms with Gasteiger partial charge in [0, 0.05) is 18.6 Å². The first-order valence-electron chi connectivity index (χ1n) is 6.90. The lowest BCUT2D eigenvalue weighted by molar-refractivity contribution is 0.229. The van der Waals surface area contributed by atoms with Crippen molar-refractivity contribution in [3.05, 3.63) is 34.6 Å². The molecule has 1 aromatic rings. The second kappa shape index (κ2) is 8.77. The number of hydrogen-bond acceptors (Lipinski definition) is 6. The zero-order valence-electron chi connectivity index (χ0n) is 12.4. The lowest BCUT2D eigenvalue weighted by Crippen LogP contribution is -2.23. The third-order valence-electron chi connectivity index (χ3n) is 2.57. The highest BCUT2D eigenvalue weighted by atomic mass is 31.2. The van der Waals surface area contributed by atoms with Crippen LogP contribution >= 0.6 is 7.60 Å². The molecule has 118 valence electrons. The van der Waals surface area contributed by atoms with E-state index in [1.807, 2.05) is 0 Å². The molecule has 0 unspecified atom stereocenters. The zero-order valence-corrected chi connectivity index (χ0v) is 13.3. The van der Waals surface area contributed by atoms with E-state index in [4.69, 9.17) is 14.8 Å². The number of nitrogens with zero attached hydrogens (tertiary/aromatic N) is 2. The standard InChI is InChI=1S/C13H22N3O4P/c1-3-19-21(18,20-4-2)11-7-5-6-9-16-10-8-12(14)15-13(16)17/h7-8,10-11H,3-6,9H2,1-2H3,(H2,14,15,17)/b11-7+. The Labute approximate surface area is 124 Å². The van der Waals surface area contributed by atoms with Crippen molar-refractivity contribution in [2.75, 3.05) is 18.9 Å². The van der Waals surface area contributed by atoms with Crippen LogP contribution in [0.2, 0.25) is 0 Å². The summed E-state index contributed by atoms with van der Waals surface area (Å²) in [5.41, 5.74) is 5.05. The predicted octanol–water partition coefficient (Wildman–Crippen LogP) is 2.39. The summed E-state index contributed by atoms with van der Waals surface area (Å²) >= 11 is 0. The smallest absolute Gasteiger partial charge is 0.353 e. The van der Waals surface area contributed by atoms with E-state index >= 15 is 0 Å². The first-order chi connectivity index (χ1) is 10.0. The van der Waals surface area contributed by atoms with Crippen molar-refractivity contribution in [1.29, 1.82) is 0 Å². The molecule has 0 aromatic carbocycles. The number of anilines is 1. The summed E-state index contributed by atoms with van der Waals surface area (Å²) in [5, 5.41) is 0. The highest BCUT2D eigenvalue weighted by Gasteiger charge is 2.18. The number of unbranched alkanes of at least 4 members (excludes halogenated alkanes) is 1. The molecule has 0 bridgehead atoms. The number of aromatic nitrogens is 2. The molecule has 0 aliphatic carbocycles. The van der Waals surface area contributed by atoms with Crippen LogP contribution in [-0.2, 0) is 20.2 Å². The van der Waals surface area contributed by atoms with Gasteiger partial charge in [-0.15, -0.1) is 0 Å². The van der Waals surface area contributed by atoms with E-state index in [1.165, 1.54) is 10.4 Å². The number of nitrogens with two attached hydrogens (primary N) is 1. The van der Waals surface area contributed by atoms with Crippen molar-refractivity contribution in [2.24, 2.45) is 0 Å². The van der Waals surface area contributed by atoms with E-state index in [1.54, 1.807) is 32.2 Å². The van der Waals surface area contributed by atoms with Gasteiger partial charge in [-0.3, -0.25) is 9.13 Å². The minimum Gasteiger partial charge on any atom is -0.383 e. The molecule has 0 atom stereocenters. The summed E-state index contributed by atoms with van der Waals surface area (Å²) in [7, 11) is -3.13. The summed E-state index contributed by atoms with van der Waals surface area (Å²) in [4.78, 5) is 15.1. The first-order valence-corrected chi connectivity index (χ1v) is 8.51. The van der Waals surface area contributed by atoms with Crippen molar-refractivity contribution in [1.82, 2.24) is 9.55 Å². The molecule has 0 spiro atoms. The first kappa shape index (κ1) is 17.6. The molecular formula is C13H22N3O4P. The number of allylic oxidation sites excluding steroid dienone is 1. The Kier molecular flexibility index (Phi) is 7.36. The average molecular weight is 315 g/mol. The molecule has 1 heterocycles. The molecule has 2 N–H and O–H groups in total. The van der Waals surface area contributed by atoms with Crippen LogP contribution in [0.5, 0.6) is 0 Å². The molecule has 0 radical (unpaired) electrons. The maximum atomic E-state index is 12.1. The molecule has 7 nitrogen and oxygen atoms in total. The van der Waals surface area contributed by atoms with Gasteiger partial charge >= 0.3 is 13.3 Å². The van der Waals surface area contributed by atoms with Gasteiger partial charge in [0.15, 0.2) is 0 Å². The SMILES string of the molecule is CCOP(=O)(/C=C/CCCn1ccc(N)nc1=O)OCC. The third-order valence-corrected chi connectivity index (χ3v) is 4.38. The van der Waals surface area contributed by atoms with Crippen molar-refractivity contribution < 1.29 is 13.6 Å². The third kappa shape index (κ3) is 6.25. The molecule has 0 fully saturated rings. The Bertz CT molecular complexity index is 561. The Balaban J connectivity index is 2.47. The van der Waals surface area contributed by atoms with Crippen molar-refractivity contribution in [2.45, 2.75) is 33.2 Å². The van der Waals surface area contributed by atoms with Gasteiger partial charge in [-0.25, -0.2) is 4.79 Å². The topological polar surface area (TPSA) is 96.4 Å². The molecule has 0 saturated heterocycles. The number of hydrogen-bond donors (Lipinski definition) is 1. The quantitative estimate of drug-likeness (QED) is 0.555. The van der Waals surface area contributed by atoms with Crippen LogP contribution in [0.4, 0.5) is 5.82 Å². The fourth-order valence-electron chi connectivity index (χ4n) is 1.68. The maximum absolute atomic E-state index is 12.1. The van der Waals surface area contributed by atoms with Gasteiger partial charge in [0.25, 0.3) is 0 Å². The normalized spacial score (nSPS) is 12.1. The Hall–Kier alpha value is -1.43. The van der Waals surface area contributed by atoms with Crippen LogP contribution in [0.3, 0.4) is 0 Å². The summed E-state index contributed by atoms with van der Waals surface area (Å²) in [5.74, 6) is 1.69. The lowest BCUT2D eigenvalue weighted by Gasteiger charge is -2.12. The number of nitrogen functional groups attached to an aromatic ring is 1. The average Bonchev–Trinajstić information content (AvgIpc) is 2.41. The number of rotatable bonds is 9. The van der Waals surface area contributed by atoms with E-state index in [2.05, 4.69) is 4.98 Å². The highest BCUT2D eigenvalue weighted by molar-refractivity contribution is 7.57. The van der Waals surface area contributed by atoms with Crippen LogP contribution < -0.4 is 11.4 Å². The van der Waals surface area contributed by atoms with Crippen molar-refractivity contribution in [3.63, 3.8) is 0 Å². The summed E-state index contributed by atoms with van der Waals surface area (Å²) in [6.07, 6.45) is 4.72. The van der Waals surface area contributed by atoms with Crippen LogP contribution in [0, 0.1) is 0 Å². The largest absolute Gasteiger partial charge is 0.383 e. The van der Waals surface area contributed by atoms with Gasteiger partial charge in [0.2, 0.25) is 0 Å². The van der Waals surface area contributed by atoms with E-state index in [9.17, 15) is 9.36 Å². The Morgan fingerprint density at radius 2 is 2.05 bits per heavy atom. The van der Waals surface area contributed by atoms with Crippen molar-refractivity contribution in [3.8, 4) is 0 Å². The Morgan fingerprint density at radius 1 is 1.38 bits per heavy atom. The van der Waals surface area contributed by atoms with Crippen LogP contribution in [0.25, 0.3) is 0 Å². The molecule has 0 saturated carbocycles. The van der Waals surface area contributed by atoms with E-state index < -0.39 is 7.60 Å². The lowest BCUT2D eigenvalue weighted by atomic mass is 10.3. The van der Waals surface area contributed by atoms with E-state index in [0.29, 0.717) is 32.6 Å². The molecule has 0 aliphatic heterocycles. The monoisotopic (exact) mass is 315 g/mol. The molecule has 21 heavy (non-hydrogen) atoms. The maximum Gasteiger partial charge on any atom is 0.353 e. The van der Waals surface area contributed by atoms with Gasteiger partial charge in [0.05, 0.1) is 13.2 Å². The van der Waals surface area contributed by atoms with Gasteiger partial charge in [0.1, 0.15) is 5.82 Å². The second-order valence-electron chi connectivity index (χ2n) is 4.23. The Morgan fingerprint density at radius 3 is 2.62 bits per heavy atom. The molecule has 0 amide bonds. The number of aryl methyl sites for hydroxylation is 1. The van der Waals surface area contributed by atoms with Crippen LogP contribution in [-0.4, -0.2) is 22.8 Å². The summed E-state index contributed by atoms with van der Waals surface area (Å²) in [6.45, 7) is 4.70. The summed E-state index contributed by atoms with van der Waals surface area (Å²) < 4.78 is 23.9. The molecule has 1 aromatic heterocycles. The fourth-order valence-corrected chi connectivity index (χ4v) is 3.05. The van der Waals surface area contributed by atoms with Gasteiger partial charge in [-0.2, -0.15) is 4.98 Å². The van der Waals surface area contributed by atoms with Crippen LogP contribution in [0.15, 0.2) is 29.0 Å². The van der Waals surface area contributed by atoms with Gasteiger partial charge in [-0.1, -0.05) is 6.08 Å². The minimum atomic E-state index is -3.13. The predicted molar refractivity (Wildman–Crippen MR) is 82.1 cm³/mol. The molecule has 8 heteroatoms. The molecular weight excluding hydrogens is 293 g/mol. The van der Waals surface area contributed by atoms with E-state index in [-0.39, 0.29) is 11.5 Å². The van der Waals surface area contributed by atoms with Gasteiger partial charge in [-0.05, 0) is 32.8 Å². The molecule has 0 aliphatic rings. The second-order valence-corrected chi connectivity index (χ2v) is 6.12.